The summed E-state index contributed by atoms with van der Waals surface area (Å²) in [5.41, 5.74) is 7.84. The summed E-state index contributed by atoms with van der Waals surface area (Å²) in [6.07, 6.45) is 6.97. The van der Waals surface area contributed by atoms with Gasteiger partial charge in [-0.2, -0.15) is 0 Å². The van der Waals surface area contributed by atoms with Crippen LogP contribution < -0.4 is 5.32 Å². The van der Waals surface area contributed by atoms with Crippen LogP contribution in [0.5, 0.6) is 5.75 Å². The van der Waals surface area contributed by atoms with E-state index in [0.717, 1.165) is 60.9 Å². The van der Waals surface area contributed by atoms with Crippen molar-refractivity contribution in [1.82, 2.24) is 15.2 Å². The normalized spacial score (nSPS) is 13.8. The van der Waals surface area contributed by atoms with Gasteiger partial charge in [-0.25, -0.2) is 0 Å². The number of amides is 1. The molecule has 0 atom stereocenters. The van der Waals surface area contributed by atoms with Gasteiger partial charge >= 0.3 is 0 Å². The molecule has 0 spiro atoms. The molecule has 1 aromatic heterocycles. The highest BCUT2D eigenvalue weighted by atomic mass is 16.3. The maximum Gasteiger partial charge on any atom is 0.251 e. The number of aryl methyl sites for hydroxylation is 1. The SMILES string of the molecule is CCc1ccc(C=CCCNC(=O)c2ccccc2CN2CCc3c([nH]c4ccc(O)cc34)C2)cc1. The van der Waals surface area contributed by atoms with E-state index in [1.807, 2.05) is 36.4 Å². The molecule has 184 valence electrons. The minimum absolute atomic E-state index is 0.0231. The second-order valence-electron chi connectivity index (χ2n) is 9.47. The predicted octanol–water partition coefficient (Wildman–Crippen LogP) is 5.83. The second-order valence-corrected chi connectivity index (χ2v) is 9.47. The van der Waals surface area contributed by atoms with Crippen molar-refractivity contribution in [1.29, 1.82) is 0 Å². The zero-order valence-corrected chi connectivity index (χ0v) is 20.8. The fraction of sp³-hybridized carbons (Fsp3) is 0.258. The van der Waals surface area contributed by atoms with Crippen molar-refractivity contribution in [2.75, 3.05) is 13.1 Å². The number of phenols is 1. The highest BCUT2D eigenvalue weighted by Gasteiger charge is 2.22. The average molecular weight is 480 g/mol. The third-order valence-electron chi connectivity index (χ3n) is 6.99. The highest BCUT2D eigenvalue weighted by Crippen LogP contribution is 2.30. The van der Waals surface area contributed by atoms with Crippen molar-refractivity contribution in [2.24, 2.45) is 0 Å². The third-order valence-corrected chi connectivity index (χ3v) is 6.99. The van der Waals surface area contributed by atoms with E-state index in [9.17, 15) is 9.90 Å². The van der Waals surface area contributed by atoms with Crippen molar-refractivity contribution < 1.29 is 9.90 Å². The number of aromatic hydroxyl groups is 1. The Morgan fingerprint density at radius 3 is 2.78 bits per heavy atom. The Balaban J connectivity index is 1.18. The first-order valence-corrected chi connectivity index (χ1v) is 12.8. The molecule has 2 heterocycles. The Hall–Kier alpha value is -3.83. The number of hydrogen-bond acceptors (Lipinski definition) is 3. The number of phenolic OH excluding ortho intramolecular Hbond substituents is 1. The van der Waals surface area contributed by atoms with Gasteiger partial charge in [0.05, 0.1) is 0 Å². The summed E-state index contributed by atoms with van der Waals surface area (Å²) in [6.45, 7) is 5.19. The molecule has 0 radical (unpaired) electrons. The summed E-state index contributed by atoms with van der Waals surface area (Å²) >= 11 is 0. The van der Waals surface area contributed by atoms with Gasteiger partial charge in [-0.3, -0.25) is 9.69 Å². The zero-order chi connectivity index (χ0) is 24.9. The minimum atomic E-state index is -0.0231. The summed E-state index contributed by atoms with van der Waals surface area (Å²) in [6, 6.07) is 22.0. The summed E-state index contributed by atoms with van der Waals surface area (Å²) in [5, 5.41) is 14.1. The zero-order valence-electron chi connectivity index (χ0n) is 20.8. The number of nitrogens with one attached hydrogen (secondary N) is 2. The van der Waals surface area contributed by atoms with Crippen molar-refractivity contribution in [3.8, 4) is 5.75 Å². The molecular formula is C31H33N3O2. The maximum absolute atomic E-state index is 13.0. The number of aromatic nitrogens is 1. The number of carbonyl (C=O) groups excluding carboxylic acids is 1. The molecule has 4 aromatic rings. The molecule has 3 N–H and O–H groups in total. The Bertz CT molecular complexity index is 1380. The lowest BCUT2D eigenvalue weighted by Gasteiger charge is -2.27. The van der Waals surface area contributed by atoms with Gasteiger partial charge in [-0.05, 0) is 65.8 Å². The Kier molecular flexibility index (Phi) is 7.19. The Labute approximate surface area is 212 Å². The smallest absolute Gasteiger partial charge is 0.251 e. The van der Waals surface area contributed by atoms with Crippen molar-refractivity contribution in [2.45, 2.75) is 39.3 Å². The summed E-state index contributed by atoms with van der Waals surface area (Å²) in [7, 11) is 0. The topological polar surface area (TPSA) is 68.4 Å². The molecule has 0 saturated carbocycles. The molecule has 1 aliphatic rings. The van der Waals surface area contributed by atoms with Crippen LogP contribution in [0.1, 0.15) is 51.7 Å². The van der Waals surface area contributed by atoms with E-state index in [1.165, 1.54) is 22.4 Å². The van der Waals surface area contributed by atoms with Gasteiger partial charge < -0.3 is 15.4 Å². The summed E-state index contributed by atoms with van der Waals surface area (Å²) in [5.74, 6) is 0.276. The summed E-state index contributed by atoms with van der Waals surface area (Å²) in [4.78, 5) is 18.9. The number of fused-ring (bicyclic) bond motifs is 3. The van der Waals surface area contributed by atoms with Crippen LogP contribution in [-0.2, 0) is 25.9 Å². The molecule has 0 unspecified atom stereocenters. The molecule has 5 rings (SSSR count). The molecule has 1 aliphatic heterocycles. The largest absolute Gasteiger partial charge is 0.508 e. The van der Waals surface area contributed by atoms with Crippen molar-refractivity contribution >= 4 is 22.9 Å². The van der Waals surface area contributed by atoms with Crippen LogP contribution >= 0.6 is 0 Å². The molecule has 3 aromatic carbocycles. The third kappa shape index (κ3) is 5.37. The summed E-state index contributed by atoms with van der Waals surface area (Å²) < 4.78 is 0. The monoisotopic (exact) mass is 479 g/mol. The van der Waals surface area contributed by atoms with Crippen LogP contribution in [0.25, 0.3) is 17.0 Å². The van der Waals surface area contributed by atoms with Crippen LogP contribution in [0, 0.1) is 0 Å². The van der Waals surface area contributed by atoms with E-state index in [2.05, 4.69) is 58.5 Å². The molecule has 5 nitrogen and oxygen atoms in total. The van der Waals surface area contributed by atoms with E-state index in [4.69, 9.17) is 0 Å². The average Bonchev–Trinajstić information content (AvgIpc) is 3.26. The fourth-order valence-corrected chi connectivity index (χ4v) is 4.99. The van der Waals surface area contributed by atoms with E-state index in [-0.39, 0.29) is 5.91 Å². The molecule has 0 saturated heterocycles. The molecule has 0 aliphatic carbocycles. The lowest BCUT2D eigenvalue weighted by molar-refractivity contribution is 0.0952. The quantitative estimate of drug-likeness (QED) is 0.279. The number of rotatable bonds is 8. The van der Waals surface area contributed by atoms with Crippen LogP contribution in [0.4, 0.5) is 0 Å². The Morgan fingerprint density at radius 2 is 1.94 bits per heavy atom. The highest BCUT2D eigenvalue weighted by molar-refractivity contribution is 5.95. The standard InChI is InChI=1S/C31H33N3O2/c1-2-22-10-12-23(13-11-22)7-5-6-17-32-31(36)26-9-4-3-8-24(26)20-34-18-16-27-28-19-25(35)14-15-29(28)33-30(27)21-34/h3-5,7-15,19,33,35H,2,6,16-18,20-21H2,1H3,(H,32,36). The van der Waals surface area contributed by atoms with Gasteiger partial charge in [0.1, 0.15) is 5.75 Å². The lowest BCUT2D eigenvalue weighted by Crippen LogP contribution is -2.31. The van der Waals surface area contributed by atoms with Crippen LogP contribution in [0.2, 0.25) is 0 Å². The molecule has 0 fully saturated rings. The van der Waals surface area contributed by atoms with Crippen molar-refractivity contribution in [3.05, 3.63) is 106 Å². The first-order chi connectivity index (χ1) is 17.6. The number of aromatic amines is 1. The van der Waals surface area contributed by atoms with Crippen LogP contribution in [0.3, 0.4) is 0 Å². The van der Waals surface area contributed by atoms with Crippen molar-refractivity contribution in [3.63, 3.8) is 0 Å². The number of benzene rings is 3. The van der Waals surface area contributed by atoms with Gasteiger partial charge in [-0.1, -0.05) is 61.5 Å². The van der Waals surface area contributed by atoms with E-state index < -0.39 is 0 Å². The molecule has 1 amide bonds. The van der Waals surface area contributed by atoms with Gasteiger partial charge in [0, 0.05) is 48.3 Å². The van der Waals surface area contributed by atoms with E-state index >= 15 is 0 Å². The van der Waals surface area contributed by atoms with Gasteiger partial charge in [0.2, 0.25) is 0 Å². The number of H-pyrrole nitrogens is 1. The minimum Gasteiger partial charge on any atom is -0.508 e. The second kappa shape index (κ2) is 10.8. The maximum atomic E-state index is 13.0. The van der Waals surface area contributed by atoms with Gasteiger partial charge in [-0.15, -0.1) is 0 Å². The molecular weight excluding hydrogens is 446 g/mol. The number of nitrogens with zero attached hydrogens (tertiary/aromatic N) is 1. The predicted molar refractivity (Wildman–Crippen MR) is 146 cm³/mol. The molecule has 5 heteroatoms. The first-order valence-electron chi connectivity index (χ1n) is 12.8. The Morgan fingerprint density at radius 1 is 1.11 bits per heavy atom. The lowest BCUT2D eigenvalue weighted by atomic mass is 10.0. The number of carbonyl (C=O) groups is 1. The van der Waals surface area contributed by atoms with E-state index in [1.54, 1.807) is 6.07 Å². The van der Waals surface area contributed by atoms with Gasteiger partial charge in [0.25, 0.3) is 5.91 Å². The van der Waals surface area contributed by atoms with E-state index in [0.29, 0.717) is 12.3 Å². The van der Waals surface area contributed by atoms with Crippen LogP contribution in [-0.4, -0.2) is 34.0 Å². The fourth-order valence-electron chi connectivity index (χ4n) is 4.99. The molecule has 36 heavy (non-hydrogen) atoms. The number of hydrogen-bond donors (Lipinski definition) is 3. The van der Waals surface area contributed by atoms with Gasteiger partial charge in [0.15, 0.2) is 0 Å². The van der Waals surface area contributed by atoms with Crippen LogP contribution in [0.15, 0.2) is 72.8 Å². The first kappa shape index (κ1) is 23.9. The molecule has 0 bridgehead atoms.